The number of fused-ring (bicyclic) bond motifs is 1. The van der Waals surface area contributed by atoms with Crippen LogP contribution < -0.4 is 26.6 Å². The molecular formula is C16H19FN4O4. The van der Waals surface area contributed by atoms with E-state index in [9.17, 15) is 9.59 Å². The third-order valence-corrected chi connectivity index (χ3v) is 4.73. The summed E-state index contributed by atoms with van der Waals surface area (Å²) in [4.78, 5) is 28.7. The fraction of sp³-hybridized carbons (Fsp3) is 0.500. The topological polar surface area (TPSA) is 103 Å². The van der Waals surface area contributed by atoms with Crippen molar-refractivity contribution >= 4 is 22.3 Å². The summed E-state index contributed by atoms with van der Waals surface area (Å²) >= 11 is 0. The van der Waals surface area contributed by atoms with Crippen LogP contribution >= 0.6 is 0 Å². The van der Waals surface area contributed by atoms with Crippen molar-refractivity contribution in [3.05, 3.63) is 26.7 Å². The summed E-state index contributed by atoms with van der Waals surface area (Å²) in [5, 5.41) is -0.0436. The molecule has 134 valence electrons. The maximum Gasteiger partial charge on any atom is 0.329 e. The molecule has 0 unspecified atom stereocenters. The first kappa shape index (κ1) is 15.9. The van der Waals surface area contributed by atoms with Crippen molar-refractivity contribution in [1.29, 1.82) is 0 Å². The number of ether oxygens (including phenoxy) is 2. The zero-order chi connectivity index (χ0) is 17.7. The molecule has 0 amide bonds. The first-order valence-electron chi connectivity index (χ1n) is 8.20. The zero-order valence-electron chi connectivity index (χ0n) is 13.8. The molecule has 4 rings (SSSR count). The largest absolute Gasteiger partial charge is 0.492 e. The molecule has 2 aromatic rings. The fourth-order valence-corrected chi connectivity index (χ4v) is 3.42. The number of halogens is 1. The molecule has 25 heavy (non-hydrogen) atoms. The molecule has 0 atom stereocenters. The van der Waals surface area contributed by atoms with E-state index in [2.05, 4.69) is 4.98 Å². The minimum atomic E-state index is -0.710. The SMILES string of the molecule is COc1c(N2CCOCC2)c(F)c(N)c2c(=O)[nH]c(=O)n(C3CC3)c12. The predicted octanol–water partition coefficient (Wildman–Crippen LogP) is 0.591. The first-order chi connectivity index (χ1) is 12.0. The lowest BCUT2D eigenvalue weighted by molar-refractivity contribution is 0.122. The average Bonchev–Trinajstić information content (AvgIpc) is 3.43. The van der Waals surface area contributed by atoms with E-state index >= 15 is 4.39 Å². The predicted molar refractivity (Wildman–Crippen MR) is 91.1 cm³/mol. The third kappa shape index (κ3) is 2.38. The van der Waals surface area contributed by atoms with Gasteiger partial charge in [0.2, 0.25) is 0 Å². The minimum Gasteiger partial charge on any atom is -0.492 e. The molecule has 1 aromatic heterocycles. The number of benzene rings is 1. The van der Waals surface area contributed by atoms with Crippen LogP contribution in [0.25, 0.3) is 10.9 Å². The van der Waals surface area contributed by atoms with E-state index in [-0.39, 0.29) is 34.1 Å². The first-order valence-corrected chi connectivity index (χ1v) is 8.20. The Balaban J connectivity index is 2.13. The fourth-order valence-electron chi connectivity index (χ4n) is 3.42. The monoisotopic (exact) mass is 350 g/mol. The average molecular weight is 350 g/mol. The van der Waals surface area contributed by atoms with E-state index in [1.165, 1.54) is 11.7 Å². The van der Waals surface area contributed by atoms with Crippen molar-refractivity contribution in [3.8, 4) is 5.75 Å². The molecule has 3 N–H and O–H groups in total. The van der Waals surface area contributed by atoms with Crippen LogP contribution in [0.4, 0.5) is 15.8 Å². The van der Waals surface area contributed by atoms with Crippen molar-refractivity contribution in [2.75, 3.05) is 44.0 Å². The van der Waals surface area contributed by atoms with E-state index in [1.54, 1.807) is 4.90 Å². The van der Waals surface area contributed by atoms with Crippen molar-refractivity contribution in [2.45, 2.75) is 18.9 Å². The molecule has 2 fully saturated rings. The van der Waals surface area contributed by atoms with E-state index in [0.717, 1.165) is 12.8 Å². The number of aromatic nitrogens is 2. The number of nitrogens with zero attached hydrogens (tertiary/aromatic N) is 2. The van der Waals surface area contributed by atoms with Gasteiger partial charge in [-0.05, 0) is 12.8 Å². The van der Waals surface area contributed by atoms with Crippen LogP contribution in [-0.4, -0.2) is 43.0 Å². The molecular weight excluding hydrogens is 331 g/mol. The highest BCUT2D eigenvalue weighted by molar-refractivity contribution is 5.99. The molecule has 1 aromatic carbocycles. The standard InChI is InChI=1S/C16H19FN4O4/c1-24-14-12-9(15(22)19-16(23)21(12)8-2-3-8)11(18)10(17)13(14)20-4-6-25-7-5-20/h8H,2-7,18H2,1H3,(H,19,22,23). The van der Waals surface area contributed by atoms with Gasteiger partial charge in [0, 0.05) is 19.1 Å². The smallest absolute Gasteiger partial charge is 0.329 e. The van der Waals surface area contributed by atoms with Crippen LogP contribution in [0.1, 0.15) is 18.9 Å². The van der Waals surface area contributed by atoms with Gasteiger partial charge < -0.3 is 20.1 Å². The zero-order valence-corrected chi connectivity index (χ0v) is 13.8. The molecule has 8 nitrogen and oxygen atoms in total. The van der Waals surface area contributed by atoms with Crippen LogP contribution in [0, 0.1) is 5.82 Å². The van der Waals surface area contributed by atoms with Crippen LogP contribution in [0.5, 0.6) is 5.75 Å². The Kier molecular flexibility index (Phi) is 3.68. The van der Waals surface area contributed by atoms with Gasteiger partial charge in [0.05, 0.1) is 31.4 Å². The Hall–Kier alpha value is -2.55. The second-order valence-electron chi connectivity index (χ2n) is 6.29. The molecule has 0 radical (unpaired) electrons. The quantitative estimate of drug-likeness (QED) is 0.786. The number of anilines is 2. The number of aromatic amines is 1. The number of nitrogens with one attached hydrogen (secondary N) is 1. The number of methoxy groups -OCH3 is 1. The van der Waals surface area contributed by atoms with Crippen LogP contribution in [0.3, 0.4) is 0 Å². The Morgan fingerprint density at radius 3 is 2.56 bits per heavy atom. The van der Waals surface area contributed by atoms with E-state index < -0.39 is 17.1 Å². The van der Waals surface area contributed by atoms with Gasteiger partial charge in [-0.1, -0.05) is 0 Å². The van der Waals surface area contributed by atoms with E-state index in [0.29, 0.717) is 26.3 Å². The lowest BCUT2D eigenvalue weighted by Gasteiger charge is -2.31. The molecule has 1 saturated carbocycles. The maximum atomic E-state index is 15.1. The van der Waals surface area contributed by atoms with Gasteiger partial charge in [-0.25, -0.2) is 9.18 Å². The van der Waals surface area contributed by atoms with Crippen LogP contribution in [-0.2, 0) is 4.74 Å². The highest BCUT2D eigenvalue weighted by atomic mass is 19.1. The summed E-state index contributed by atoms with van der Waals surface area (Å²) in [6.45, 7) is 1.83. The van der Waals surface area contributed by atoms with Crippen molar-refractivity contribution < 1.29 is 13.9 Å². The number of rotatable bonds is 3. The van der Waals surface area contributed by atoms with Gasteiger partial charge in [0.15, 0.2) is 11.6 Å². The van der Waals surface area contributed by atoms with Gasteiger partial charge in [-0.3, -0.25) is 14.3 Å². The molecule has 2 heterocycles. The summed E-state index contributed by atoms with van der Waals surface area (Å²) in [7, 11) is 1.40. The summed E-state index contributed by atoms with van der Waals surface area (Å²) in [6.07, 6.45) is 1.63. The highest BCUT2D eigenvalue weighted by Gasteiger charge is 2.33. The second kappa shape index (κ2) is 5.76. The highest BCUT2D eigenvalue weighted by Crippen LogP contribution is 2.44. The van der Waals surface area contributed by atoms with Gasteiger partial charge in [0.25, 0.3) is 5.56 Å². The molecule has 1 aliphatic heterocycles. The molecule has 0 spiro atoms. The molecule has 0 bridgehead atoms. The van der Waals surface area contributed by atoms with Gasteiger partial charge >= 0.3 is 5.69 Å². The number of H-pyrrole nitrogens is 1. The van der Waals surface area contributed by atoms with Gasteiger partial charge in [0.1, 0.15) is 11.2 Å². The number of nitrogens with two attached hydrogens (primary N) is 1. The van der Waals surface area contributed by atoms with Crippen LogP contribution in [0.15, 0.2) is 9.59 Å². The van der Waals surface area contributed by atoms with Crippen molar-refractivity contribution in [3.63, 3.8) is 0 Å². The molecule has 9 heteroatoms. The van der Waals surface area contributed by atoms with Crippen LogP contribution in [0.2, 0.25) is 0 Å². The number of morpholine rings is 1. The molecule has 1 saturated heterocycles. The molecule has 2 aliphatic rings. The maximum absolute atomic E-state index is 15.1. The summed E-state index contributed by atoms with van der Waals surface area (Å²) < 4.78 is 27.3. The lowest BCUT2D eigenvalue weighted by atomic mass is 10.1. The van der Waals surface area contributed by atoms with Gasteiger partial charge in [-0.15, -0.1) is 0 Å². The Labute approximate surface area is 141 Å². The normalized spacial score (nSPS) is 17.9. The number of hydrogen-bond donors (Lipinski definition) is 2. The molecule has 1 aliphatic carbocycles. The lowest BCUT2D eigenvalue weighted by Crippen LogP contribution is -2.38. The number of nitrogen functional groups attached to an aromatic ring is 1. The Morgan fingerprint density at radius 1 is 1.28 bits per heavy atom. The minimum absolute atomic E-state index is 0.0387. The van der Waals surface area contributed by atoms with Gasteiger partial charge in [-0.2, -0.15) is 0 Å². The Morgan fingerprint density at radius 2 is 1.96 bits per heavy atom. The summed E-state index contributed by atoms with van der Waals surface area (Å²) in [5.74, 6) is -0.545. The summed E-state index contributed by atoms with van der Waals surface area (Å²) in [6, 6.07) is -0.0387. The summed E-state index contributed by atoms with van der Waals surface area (Å²) in [5.41, 5.74) is 4.90. The third-order valence-electron chi connectivity index (χ3n) is 4.73. The Bertz CT molecular complexity index is 957. The van der Waals surface area contributed by atoms with E-state index in [1.807, 2.05) is 0 Å². The number of hydrogen-bond acceptors (Lipinski definition) is 6. The van der Waals surface area contributed by atoms with Crippen molar-refractivity contribution in [2.24, 2.45) is 0 Å². The van der Waals surface area contributed by atoms with E-state index in [4.69, 9.17) is 15.2 Å². The second-order valence-corrected chi connectivity index (χ2v) is 6.29. The van der Waals surface area contributed by atoms with Crippen molar-refractivity contribution in [1.82, 2.24) is 9.55 Å².